The minimum Gasteiger partial charge on any atom is -0.366 e. The Bertz CT molecular complexity index is 1010. The molecule has 130 valence electrons. The van der Waals surface area contributed by atoms with Gasteiger partial charge in [0.1, 0.15) is 6.04 Å². The van der Waals surface area contributed by atoms with E-state index >= 15 is 0 Å². The zero-order valence-electron chi connectivity index (χ0n) is 13.8. The van der Waals surface area contributed by atoms with Crippen LogP contribution < -0.4 is 11.1 Å². The van der Waals surface area contributed by atoms with Crippen LogP contribution in [0.25, 0.3) is 11.4 Å². The third-order valence-electron chi connectivity index (χ3n) is 4.19. The number of nitrogens with two attached hydrogens (primary N) is 1. The average molecular weight is 367 g/mol. The fraction of sp³-hybridized carbons (Fsp3) is 0.111. The van der Waals surface area contributed by atoms with Crippen LogP contribution in [-0.4, -0.2) is 25.7 Å². The molecule has 1 aromatic carbocycles. The molecule has 0 spiro atoms. The largest absolute Gasteiger partial charge is 0.366 e. The van der Waals surface area contributed by atoms with E-state index in [0.29, 0.717) is 33.8 Å². The molecule has 1 atom stereocenters. The number of hydrogen-bond donors (Lipinski definition) is 2. The first-order valence-corrected chi connectivity index (χ1v) is 8.33. The van der Waals surface area contributed by atoms with E-state index in [1.807, 2.05) is 30.3 Å². The normalized spacial score (nSPS) is 16.2. The summed E-state index contributed by atoms with van der Waals surface area (Å²) in [5.74, 6) is 0.511. The lowest BCUT2D eigenvalue weighted by Gasteiger charge is -2.26. The highest BCUT2D eigenvalue weighted by atomic mass is 35.5. The number of primary amides is 1. The summed E-state index contributed by atoms with van der Waals surface area (Å²) in [5.41, 5.74) is 8.16. The van der Waals surface area contributed by atoms with E-state index in [9.17, 15) is 4.79 Å². The number of fused-ring (bicyclic) bond motifs is 1. The maximum Gasteiger partial charge on any atom is 0.248 e. The molecule has 7 nitrogen and oxygen atoms in total. The molecule has 1 aliphatic heterocycles. The maximum absolute atomic E-state index is 12.1. The summed E-state index contributed by atoms with van der Waals surface area (Å²) >= 11 is 5.95. The molecule has 2 aromatic heterocycles. The van der Waals surface area contributed by atoms with Gasteiger partial charge in [0.15, 0.2) is 5.82 Å². The number of benzene rings is 1. The first kappa shape index (κ1) is 16.3. The summed E-state index contributed by atoms with van der Waals surface area (Å²) < 4.78 is 1.64. The quantitative estimate of drug-likeness (QED) is 0.742. The summed E-state index contributed by atoms with van der Waals surface area (Å²) in [6.07, 6.45) is 1.67. The lowest BCUT2D eigenvalue weighted by molar-refractivity contribution is -0.115. The van der Waals surface area contributed by atoms with E-state index in [4.69, 9.17) is 17.3 Å². The van der Waals surface area contributed by atoms with Crippen LogP contribution >= 0.6 is 11.6 Å². The van der Waals surface area contributed by atoms with E-state index in [-0.39, 0.29) is 0 Å². The zero-order valence-corrected chi connectivity index (χ0v) is 14.6. The number of carbonyl (C=O) groups is 1. The minimum atomic E-state index is -0.543. The van der Waals surface area contributed by atoms with Crippen molar-refractivity contribution in [2.24, 2.45) is 5.73 Å². The number of hydrogen-bond acceptors (Lipinski definition) is 5. The van der Waals surface area contributed by atoms with Gasteiger partial charge in [0.2, 0.25) is 11.9 Å². The number of halogens is 1. The summed E-state index contributed by atoms with van der Waals surface area (Å²) in [5, 5.41) is 8.34. The molecule has 4 rings (SSSR count). The maximum atomic E-state index is 12.1. The smallest absolute Gasteiger partial charge is 0.248 e. The van der Waals surface area contributed by atoms with Crippen molar-refractivity contribution in [1.82, 2.24) is 19.7 Å². The highest BCUT2D eigenvalue weighted by molar-refractivity contribution is 6.30. The number of rotatable bonds is 3. The Morgan fingerprint density at radius 1 is 1.23 bits per heavy atom. The zero-order chi connectivity index (χ0) is 18.3. The second kappa shape index (κ2) is 6.27. The number of aromatic nitrogens is 4. The number of amides is 1. The molecule has 3 aromatic rings. The molecule has 0 unspecified atom stereocenters. The van der Waals surface area contributed by atoms with Gasteiger partial charge >= 0.3 is 0 Å². The topological polar surface area (TPSA) is 98.7 Å². The molecule has 0 saturated carbocycles. The molecule has 1 amide bonds. The SMILES string of the molecule is CC1=C(C(N)=O)[C@@H](c2ccccn2)n2nc(-c3ccc(Cl)cc3)nc2N1. The van der Waals surface area contributed by atoms with Crippen molar-refractivity contribution in [1.29, 1.82) is 0 Å². The number of allylic oxidation sites excluding steroid dienone is 1. The van der Waals surface area contributed by atoms with E-state index < -0.39 is 11.9 Å². The molecule has 3 N–H and O–H groups in total. The molecular formula is C18H15ClN6O. The summed E-state index contributed by atoms with van der Waals surface area (Å²) in [6.45, 7) is 1.79. The standard InChI is InChI=1S/C18H15ClN6O/c1-10-14(16(20)26)15(13-4-2-3-9-21-13)25-18(22-10)23-17(24-25)11-5-7-12(19)8-6-11/h2-9,15H,1H3,(H2,20,26)(H,22,23,24)/t15-/m1/s1. The van der Waals surface area contributed by atoms with E-state index in [2.05, 4.69) is 20.4 Å². The Morgan fingerprint density at radius 2 is 2.00 bits per heavy atom. The van der Waals surface area contributed by atoms with Gasteiger partial charge in [-0.15, -0.1) is 5.10 Å². The van der Waals surface area contributed by atoms with Gasteiger partial charge in [0, 0.05) is 22.5 Å². The molecule has 0 saturated heterocycles. The van der Waals surface area contributed by atoms with Crippen LogP contribution in [0, 0.1) is 0 Å². The van der Waals surface area contributed by atoms with Gasteiger partial charge in [-0.2, -0.15) is 4.98 Å². The van der Waals surface area contributed by atoms with Crippen molar-refractivity contribution >= 4 is 23.5 Å². The predicted molar refractivity (Wildman–Crippen MR) is 98.4 cm³/mol. The molecule has 0 bridgehead atoms. The average Bonchev–Trinajstić information content (AvgIpc) is 3.05. The Kier molecular flexibility index (Phi) is 3.93. The molecule has 8 heteroatoms. The summed E-state index contributed by atoms with van der Waals surface area (Å²) in [4.78, 5) is 21.0. The van der Waals surface area contributed by atoms with Crippen LogP contribution in [0.1, 0.15) is 18.7 Å². The van der Waals surface area contributed by atoms with Gasteiger partial charge in [-0.25, -0.2) is 4.68 Å². The molecule has 0 fully saturated rings. The Balaban J connectivity index is 1.87. The van der Waals surface area contributed by atoms with E-state index in [1.165, 1.54) is 0 Å². The first-order valence-electron chi connectivity index (χ1n) is 7.95. The van der Waals surface area contributed by atoms with Crippen LogP contribution in [0.15, 0.2) is 59.9 Å². The fourth-order valence-corrected chi connectivity index (χ4v) is 3.13. The Morgan fingerprint density at radius 3 is 2.65 bits per heavy atom. The molecule has 3 heterocycles. The molecule has 0 aliphatic carbocycles. The molecular weight excluding hydrogens is 352 g/mol. The van der Waals surface area contributed by atoms with Crippen molar-refractivity contribution in [3.63, 3.8) is 0 Å². The van der Waals surface area contributed by atoms with Gasteiger partial charge < -0.3 is 11.1 Å². The van der Waals surface area contributed by atoms with Gasteiger partial charge in [0.25, 0.3) is 0 Å². The fourth-order valence-electron chi connectivity index (χ4n) is 3.00. The van der Waals surface area contributed by atoms with E-state index in [1.54, 1.807) is 29.9 Å². The minimum absolute atomic E-state index is 0.406. The van der Waals surface area contributed by atoms with Gasteiger partial charge in [-0.1, -0.05) is 17.7 Å². The molecule has 0 radical (unpaired) electrons. The van der Waals surface area contributed by atoms with Crippen LogP contribution in [-0.2, 0) is 4.79 Å². The van der Waals surface area contributed by atoms with Crippen molar-refractivity contribution in [3.05, 3.63) is 70.6 Å². The highest BCUT2D eigenvalue weighted by Gasteiger charge is 2.34. The molecule has 1 aliphatic rings. The number of pyridine rings is 1. The van der Waals surface area contributed by atoms with Crippen molar-refractivity contribution in [3.8, 4) is 11.4 Å². The highest BCUT2D eigenvalue weighted by Crippen LogP contribution is 2.35. The van der Waals surface area contributed by atoms with Crippen molar-refractivity contribution in [2.75, 3.05) is 5.32 Å². The van der Waals surface area contributed by atoms with Crippen molar-refractivity contribution in [2.45, 2.75) is 13.0 Å². The number of nitrogens with zero attached hydrogens (tertiary/aromatic N) is 4. The summed E-state index contributed by atoms with van der Waals surface area (Å²) in [6, 6.07) is 12.2. The lowest BCUT2D eigenvalue weighted by atomic mass is 9.99. The van der Waals surface area contributed by atoms with E-state index in [0.717, 1.165) is 5.56 Å². The van der Waals surface area contributed by atoms with Gasteiger partial charge in [0.05, 0.1) is 11.3 Å². The molecule has 26 heavy (non-hydrogen) atoms. The second-order valence-electron chi connectivity index (χ2n) is 5.90. The number of nitrogens with one attached hydrogen (secondary N) is 1. The second-order valence-corrected chi connectivity index (χ2v) is 6.33. The van der Waals surface area contributed by atoms with Crippen molar-refractivity contribution < 1.29 is 4.79 Å². The number of anilines is 1. The van der Waals surface area contributed by atoms with Crippen LogP contribution in [0.2, 0.25) is 5.02 Å². The monoisotopic (exact) mass is 366 g/mol. The predicted octanol–water partition coefficient (Wildman–Crippen LogP) is 2.77. The van der Waals surface area contributed by atoms with Crippen LogP contribution in [0.5, 0.6) is 0 Å². The Hall–Kier alpha value is -3.19. The van der Waals surface area contributed by atoms with Gasteiger partial charge in [-0.3, -0.25) is 9.78 Å². The number of carbonyl (C=O) groups excluding carboxylic acids is 1. The third kappa shape index (κ3) is 2.72. The van der Waals surface area contributed by atoms with Gasteiger partial charge in [-0.05, 0) is 43.3 Å². The Labute approximate surface area is 154 Å². The first-order chi connectivity index (χ1) is 12.5. The van der Waals surface area contributed by atoms with Crippen LogP contribution in [0.4, 0.5) is 5.95 Å². The lowest BCUT2D eigenvalue weighted by Crippen LogP contribution is -2.32. The van der Waals surface area contributed by atoms with Crippen LogP contribution in [0.3, 0.4) is 0 Å². The third-order valence-corrected chi connectivity index (χ3v) is 4.44. The summed E-state index contributed by atoms with van der Waals surface area (Å²) in [7, 11) is 0.